The third-order valence-electron chi connectivity index (χ3n) is 4.60. The summed E-state index contributed by atoms with van der Waals surface area (Å²) in [5, 5.41) is 3.05. The zero-order valence-electron chi connectivity index (χ0n) is 14.8. The van der Waals surface area contributed by atoms with Gasteiger partial charge in [-0.25, -0.2) is 0 Å². The van der Waals surface area contributed by atoms with Gasteiger partial charge in [-0.3, -0.25) is 4.79 Å². The Morgan fingerprint density at radius 3 is 2.83 bits per heavy atom. The highest BCUT2D eigenvalue weighted by molar-refractivity contribution is 5.97. The Hall–Kier alpha value is -1.55. The third-order valence-corrected chi connectivity index (χ3v) is 4.60. The summed E-state index contributed by atoms with van der Waals surface area (Å²) >= 11 is 0. The Kier molecular flexibility index (Phi) is 6.05. The molecule has 0 spiro atoms. The van der Waals surface area contributed by atoms with Crippen molar-refractivity contribution in [1.82, 2.24) is 0 Å². The van der Waals surface area contributed by atoms with E-state index in [9.17, 15) is 4.79 Å². The predicted molar refractivity (Wildman–Crippen MR) is 93.0 cm³/mol. The Morgan fingerprint density at radius 2 is 2.22 bits per heavy atom. The van der Waals surface area contributed by atoms with Crippen LogP contribution < -0.4 is 10.1 Å². The van der Waals surface area contributed by atoms with E-state index < -0.39 is 5.60 Å². The van der Waals surface area contributed by atoms with Crippen LogP contribution in [0, 0.1) is 12.8 Å². The number of hydrogen-bond acceptors (Lipinski definition) is 3. The molecule has 1 aliphatic rings. The summed E-state index contributed by atoms with van der Waals surface area (Å²) < 4.78 is 11.3. The summed E-state index contributed by atoms with van der Waals surface area (Å²) in [5.74, 6) is 1.33. The standard InChI is InChI=1S/C19H29NO3/c1-5-11-23-19(10-6-7-14(2)13-19)18(21)20-16-8-9-17(22-4)15(3)12-16/h8-9,12,14H,5-7,10-11,13H2,1-4H3,(H,20,21)/t14-,19-/m0/s1. The molecule has 1 amide bonds. The minimum atomic E-state index is -0.679. The van der Waals surface area contributed by atoms with Crippen LogP contribution in [-0.2, 0) is 9.53 Å². The molecule has 0 aromatic heterocycles. The van der Waals surface area contributed by atoms with Crippen LogP contribution in [0.2, 0.25) is 0 Å². The smallest absolute Gasteiger partial charge is 0.256 e. The highest BCUT2D eigenvalue weighted by Crippen LogP contribution is 2.36. The molecule has 1 fully saturated rings. The molecule has 1 saturated carbocycles. The maximum Gasteiger partial charge on any atom is 0.256 e. The third kappa shape index (κ3) is 4.25. The Bertz CT molecular complexity index is 543. The van der Waals surface area contributed by atoms with Crippen LogP contribution in [0.15, 0.2) is 18.2 Å². The normalized spacial score (nSPS) is 24.3. The number of aryl methyl sites for hydroxylation is 1. The monoisotopic (exact) mass is 319 g/mol. The first kappa shape index (κ1) is 17.8. The molecule has 0 aliphatic heterocycles. The molecule has 0 saturated heterocycles. The number of methoxy groups -OCH3 is 1. The van der Waals surface area contributed by atoms with E-state index in [-0.39, 0.29) is 5.91 Å². The second-order valence-electron chi connectivity index (χ2n) is 6.68. The van der Waals surface area contributed by atoms with E-state index in [1.54, 1.807) is 7.11 Å². The van der Waals surface area contributed by atoms with Crippen molar-refractivity contribution >= 4 is 11.6 Å². The number of carbonyl (C=O) groups excluding carboxylic acids is 1. The molecular weight excluding hydrogens is 290 g/mol. The van der Waals surface area contributed by atoms with Gasteiger partial charge in [0, 0.05) is 12.3 Å². The van der Waals surface area contributed by atoms with Crippen molar-refractivity contribution in [1.29, 1.82) is 0 Å². The van der Waals surface area contributed by atoms with Crippen molar-refractivity contribution in [3.8, 4) is 5.75 Å². The van der Waals surface area contributed by atoms with Gasteiger partial charge in [0.15, 0.2) is 0 Å². The first-order chi connectivity index (χ1) is 11.0. The first-order valence-electron chi connectivity index (χ1n) is 8.61. The fourth-order valence-corrected chi connectivity index (χ4v) is 3.40. The lowest BCUT2D eigenvalue weighted by Gasteiger charge is -2.38. The van der Waals surface area contributed by atoms with Gasteiger partial charge in [-0.1, -0.05) is 20.3 Å². The minimum absolute atomic E-state index is 0.0120. The maximum atomic E-state index is 12.9. The van der Waals surface area contributed by atoms with E-state index in [0.29, 0.717) is 12.5 Å². The van der Waals surface area contributed by atoms with Crippen LogP contribution >= 0.6 is 0 Å². The van der Waals surface area contributed by atoms with E-state index in [2.05, 4.69) is 19.2 Å². The summed E-state index contributed by atoms with van der Waals surface area (Å²) in [6.45, 7) is 6.88. The van der Waals surface area contributed by atoms with E-state index in [4.69, 9.17) is 9.47 Å². The quantitative estimate of drug-likeness (QED) is 0.849. The van der Waals surface area contributed by atoms with Crippen molar-refractivity contribution in [2.24, 2.45) is 5.92 Å². The lowest BCUT2D eigenvalue weighted by atomic mass is 9.78. The average Bonchev–Trinajstić information content (AvgIpc) is 2.53. The van der Waals surface area contributed by atoms with Gasteiger partial charge in [-0.2, -0.15) is 0 Å². The summed E-state index contributed by atoms with van der Waals surface area (Å²) in [6.07, 6.45) is 4.74. The molecule has 0 unspecified atom stereocenters. The van der Waals surface area contributed by atoms with E-state index in [0.717, 1.165) is 42.7 Å². The summed E-state index contributed by atoms with van der Waals surface area (Å²) in [6, 6.07) is 5.70. The Morgan fingerprint density at radius 1 is 1.43 bits per heavy atom. The van der Waals surface area contributed by atoms with Crippen LogP contribution in [0.25, 0.3) is 0 Å². The van der Waals surface area contributed by atoms with Crippen molar-refractivity contribution < 1.29 is 14.3 Å². The zero-order chi connectivity index (χ0) is 16.9. The summed E-state index contributed by atoms with van der Waals surface area (Å²) in [7, 11) is 1.65. The minimum Gasteiger partial charge on any atom is -0.496 e. The molecular formula is C19H29NO3. The Balaban J connectivity index is 2.15. The van der Waals surface area contributed by atoms with Gasteiger partial charge in [0.05, 0.1) is 7.11 Å². The number of rotatable bonds is 6. The van der Waals surface area contributed by atoms with Gasteiger partial charge in [0.2, 0.25) is 0 Å². The van der Waals surface area contributed by atoms with Crippen molar-refractivity contribution in [2.75, 3.05) is 19.0 Å². The number of ether oxygens (including phenoxy) is 2. The maximum absolute atomic E-state index is 12.9. The molecule has 2 atom stereocenters. The number of anilines is 1. The number of amides is 1. The van der Waals surface area contributed by atoms with Crippen LogP contribution in [0.3, 0.4) is 0 Å². The van der Waals surface area contributed by atoms with E-state index in [1.807, 2.05) is 25.1 Å². The van der Waals surface area contributed by atoms with Gasteiger partial charge in [0.1, 0.15) is 11.4 Å². The average molecular weight is 319 g/mol. The molecule has 23 heavy (non-hydrogen) atoms. The van der Waals surface area contributed by atoms with Gasteiger partial charge in [-0.05, 0) is 62.3 Å². The molecule has 4 heteroatoms. The Labute approximate surface area is 139 Å². The number of nitrogens with one attached hydrogen (secondary N) is 1. The SMILES string of the molecule is CCCO[C@@]1(C(=O)Nc2ccc(OC)c(C)c2)CCC[C@H](C)C1. The largest absolute Gasteiger partial charge is 0.496 e. The molecule has 1 aliphatic carbocycles. The topological polar surface area (TPSA) is 47.6 Å². The number of benzene rings is 1. The second-order valence-corrected chi connectivity index (χ2v) is 6.68. The van der Waals surface area contributed by atoms with Crippen LogP contribution in [0.1, 0.15) is 51.5 Å². The lowest BCUT2D eigenvalue weighted by molar-refractivity contribution is -0.148. The molecule has 128 valence electrons. The highest BCUT2D eigenvalue weighted by Gasteiger charge is 2.42. The van der Waals surface area contributed by atoms with Gasteiger partial charge in [-0.15, -0.1) is 0 Å². The summed E-state index contributed by atoms with van der Waals surface area (Å²) in [4.78, 5) is 12.9. The van der Waals surface area contributed by atoms with Crippen molar-refractivity contribution in [3.05, 3.63) is 23.8 Å². The highest BCUT2D eigenvalue weighted by atomic mass is 16.5. The first-order valence-corrected chi connectivity index (χ1v) is 8.61. The van der Waals surface area contributed by atoms with Gasteiger partial charge < -0.3 is 14.8 Å². The molecule has 1 aromatic carbocycles. The fourth-order valence-electron chi connectivity index (χ4n) is 3.40. The van der Waals surface area contributed by atoms with E-state index >= 15 is 0 Å². The van der Waals surface area contributed by atoms with Crippen molar-refractivity contribution in [3.63, 3.8) is 0 Å². The van der Waals surface area contributed by atoms with Gasteiger partial charge in [0.25, 0.3) is 5.91 Å². The number of hydrogen-bond donors (Lipinski definition) is 1. The van der Waals surface area contributed by atoms with Crippen molar-refractivity contribution in [2.45, 2.75) is 58.5 Å². The lowest BCUT2D eigenvalue weighted by Crippen LogP contribution is -2.48. The zero-order valence-corrected chi connectivity index (χ0v) is 14.8. The molecule has 1 N–H and O–H groups in total. The molecule has 1 aromatic rings. The van der Waals surface area contributed by atoms with Crippen LogP contribution in [0.4, 0.5) is 5.69 Å². The molecule has 0 heterocycles. The molecule has 2 rings (SSSR count). The second kappa shape index (κ2) is 7.82. The number of carbonyl (C=O) groups is 1. The van der Waals surface area contributed by atoms with Gasteiger partial charge >= 0.3 is 0 Å². The molecule has 0 radical (unpaired) electrons. The van der Waals surface area contributed by atoms with Crippen LogP contribution in [-0.4, -0.2) is 25.2 Å². The summed E-state index contributed by atoms with van der Waals surface area (Å²) in [5.41, 5.74) is 1.12. The van der Waals surface area contributed by atoms with E-state index in [1.165, 1.54) is 6.42 Å². The predicted octanol–water partition coefficient (Wildman–Crippen LogP) is 4.32. The molecule has 4 nitrogen and oxygen atoms in total. The fraction of sp³-hybridized carbons (Fsp3) is 0.632. The molecule has 0 bridgehead atoms. The van der Waals surface area contributed by atoms with Crippen LogP contribution in [0.5, 0.6) is 5.75 Å².